The van der Waals surface area contributed by atoms with Crippen LogP contribution in [0.5, 0.6) is 11.5 Å². The topological polar surface area (TPSA) is 89.6 Å². The second-order valence-corrected chi connectivity index (χ2v) is 12.0. The molecule has 1 aliphatic rings. The van der Waals surface area contributed by atoms with Gasteiger partial charge in [-0.15, -0.1) is 0 Å². The molecule has 0 aliphatic heterocycles. The van der Waals surface area contributed by atoms with Gasteiger partial charge in [0.25, 0.3) is 5.91 Å². The molecule has 1 aromatic rings. The minimum atomic E-state index is -0.592. The number of unbranched alkanes of at least 4 members (excludes halogenated alkanes) is 2. The summed E-state index contributed by atoms with van der Waals surface area (Å²) in [5.41, 5.74) is -0.0686. The van der Waals surface area contributed by atoms with E-state index in [0.717, 1.165) is 38.6 Å². The predicted molar refractivity (Wildman–Crippen MR) is 158 cm³/mol. The minimum absolute atomic E-state index is 0.0748. The third kappa shape index (κ3) is 11.9. The summed E-state index contributed by atoms with van der Waals surface area (Å²) in [6.07, 6.45) is 6.83. The Kier molecular flexibility index (Phi) is 14.0. The summed E-state index contributed by atoms with van der Waals surface area (Å²) in [6, 6.07) is 5.76. The Balaban J connectivity index is 2.21. The number of nitrogens with zero attached hydrogens (tertiary/aromatic N) is 2. The number of hydrogen-bond acceptors (Lipinski definition) is 7. The molecule has 2 amide bonds. The van der Waals surface area contributed by atoms with E-state index in [9.17, 15) is 9.59 Å². The van der Waals surface area contributed by atoms with Gasteiger partial charge in [0.05, 0.1) is 13.7 Å². The van der Waals surface area contributed by atoms with Crippen LogP contribution in [0, 0.1) is 0 Å². The fourth-order valence-electron chi connectivity index (χ4n) is 4.60. The van der Waals surface area contributed by atoms with E-state index in [1.807, 2.05) is 39.5 Å². The van der Waals surface area contributed by atoms with Gasteiger partial charge in [-0.2, -0.15) is 0 Å². The van der Waals surface area contributed by atoms with Crippen LogP contribution >= 0.6 is 0 Å². The summed E-state index contributed by atoms with van der Waals surface area (Å²) in [5.74, 6) is 1.00. The first-order valence-corrected chi connectivity index (χ1v) is 14.8. The lowest BCUT2D eigenvalue weighted by Crippen LogP contribution is -2.51. The molecule has 0 bridgehead atoms. The molecule has 0 saturated heterocycles. The summed E-state index contributed by atoms with van der Waals surface area (Å²) in [4.78, 5) is 30.3. The number of benzene rings is 1. The van der Waals surface area contributed by atoms with Gasteiger partial charge in [0, 0.05) is 57.4 Å². The lowest BCUT2D eigenvalue weighted by atomic mass is 10.0. The van der Waals surface area contributed by atoms with E-state index in [-0.39, 0.29) is 18.0 Å². The van der Waals surface area contributed by atoms with Gasteiger partial charge in [-0.25, -0.2) is 4.79 Å². The maximum absolute atomic E-state index is 14.0. The van der Waals surface area contributed by atoms with E-state index in [1.54, 1.807) is 44.4 Å². The molecular formula is C31H53N3O6. The fourth-order valence-corrected chi connectivity index (χ4v) is 4.60. The van der Waals surface area contributed by atoms with Crippen LogP contribution < -0.4 is 14.8 Å². The molecule has 0 unspecified atom stereocenters. The van der Waals surface area contributed by atoms with Crippen LogP contribution in [0.3, 0.4) is 0 Å². The number of carbonyl (C=O) groups is 2. The van der Waals surface area contributed by atoms with Crippen molar-refractivity contribution in [1.29, 1.82) is 0 Å². The second-order valence-electron chi connectivity index (χ2n) is 12.0. The number of likely N-dealkylation sites (N-methyl/N-ethyl adjacent to an activating group) is 1. The predicted octanol–water partition coefficient (Wildman–Crippen LogP) is 5.51. The zero-order valence-electron chi connectivity index (χ0n) is 26.1. The average molecular weight is 564 g/mol. The molecule has 1 atom stereocenters. The molecule has 9 nitrogen and oxygen atoms in total. The van der Waals surface area contributed by atoms with E-state index in [0.29, 0.717) is 42.9 Å². The summed E-state index contributed by atoms with van der Waals surface area (Å²) in [5, 5.41) is 3.57. The molecule has 1 aromatic carbocycles. The Bertz CT molecular complexity index is 913. The zero-order chi connectivity index (χ0) is 29.7. The van der Waals surface area contributed by atoms with Crippen molar-refractivity contribution in [1.82, 2.24) is 15.1 Å². The Morgan fingerprint density at radius 3 is 2.35 bits per heavy atom. The van der Waals surface area contributed by atoms with Crippen LogP contribution in [0.25, 0.3) is 0 Å². The Morgan fingerprint density at radius 1 is 1.02 bits per heavy atom. The quantitative estimate of drug-likeness (QED) is 0.236. The normalized spacial score (nSPS) is 14.1. The van der Waals surface area contributed by atoms with Gasteiger partial charge in [-0.05, 0) is 85.0 Å². The highest BCUT2D eigenvalue weighted by molar-refractivity contribution is 5.95. The molecule has 0 radical (unpaired) electrons. The van der Waals surface area contributed by atoms with Crippen LogP contribution in [0.4, 0.5) is 4.79 Å². The molecule has 1 N–H and O–H groups in total. The minimum Gasteiger partial charge on any atom is -0.493 e. The molecule has 1 fully saturated rings. The fraction of sp³-hybridized carbons (Fsp3) is 0.742. The number of nitrogens with one attached hydrogen (secondary N) is 1. The van der Waals surface area contributed by atoms with Crippen LogP contribution in [-0.4, -0.2) is 93.1 Å². The van der Waals surface area contributed by atoms with Crippen LogP contribution in [0.15, 0.2) is 18.2 Å². The third-order valence-corrected chi connectivity index (χ3v) is 6.76. The Morgan fingerprint density at radius 2 is 1.75 bits per heavy atom. The largest absolute Gasteiger partial charge is 0.493 e. The zero-order valence-corrected chi connectivity index (χ0v) is 26.1. The molecule has 0 heterocycles. The van der Waals surface area contributed by atoms with E-state index in [1.165, 1.54) is 12.8 Å². The molecule has 2 rings (SSSR count). The number of rotatable bonds is 18. The Labute approximate surface area is 241 Å². The van der Waals surface area contributed by atoms with Crippen molar-refractivity contribution in [2.24, 2.45) is 0 Å². The van der Waals surface area contributed by atoms with E-state index in [4.69, 9.17) is 18.9 Å². The van der Waals surface area contributed by atoms with Gasteiger partial charge in [0.15, 0.2) is 11.5 Å². The van der Waals surface area contributed by atoms with Gasteiger partial charge < -0.3 is 34.1 Å². The number of methoxy groups -OCH3 is 2. The third-order valence-electron chi connectivity index (χ3n) is 6.76. The molecule has 228 valence electrons. The maximum atomic E-state index is 14.0. The number of ether oxygens (including phenoxy) is 4. The number of hydrogen-bond donors (Lipinski definition) is 1. The molecule has 0 spiro atoms. The molecule has 1 aliphatic carbocycles. The standard InChI is InChI=1S/C31H53N3O6/c1-23(2)34(29(35)24-14-17-27(38-8)28(21-24)39-20-12-19-37-7)26(13-10-9-11-18-32-25-15-16-25)22-33(6)30(36)40-31(3,4)5/h14,17,21,23,25-26,32H,9-13,15-16,18-20,22H2,1-8H3/t26-/m1/s1. The van der Waals surface area contributed by atoms with Gasteiger partial charge in [-0.1, -0.05) is 12.8 Å². The van der Waals surface area contributed by atoms with Gasteiger partial charge >= 0.3 is 6.09 Å². The molecule has 0 aromatic heterocycles. The highest BCUT2D eigenvalue weighted by atomic mass is 16.6. The van der Waals surface area contributed by atoms with E-state index in [2.05, 4.69) is 5.32 Å². The van der Waals surface area contributed by atoms with Crippen LogP contribution in [0.1, 0.15) is 89.9 Å². The Hall–Kier alpha value is -2.52. The van der Waals surface area contributed by atoms with Crippen molar-refractivity contribution in [2.75, 3.05) is 47.6 Å². The molecule has 1 saturated carbocycles. The van der Waals surface area contributed by atoms with Crippen molar-refractivity contribution >= 4 is 12.0 Å². The first-order chi connectivity index (χ1) is 19.0. The van der Waals surface area contributed by atoms with Crippen molar-refractivity contribution in [3.63, 3.8) is 0 Å². The molecule has 40 heavy (non-hydrogen) atoms. The van der Waals surface area contributed by atoms with Gasteiger partial charge in [-0.3, -0.25) is 4.79 Å². The summed E-state index contributed by atoms with van der Waals surface area (Å²) >= 11 is 0. The first-order valence-electron chi connectivity index (χ1n) is 14.8. The lowest BCUT2D eigenvalue weighted by molar-refractivity contribution is 0.0206. The molecule has 9 heteroatoms. The lowest BCUT2D eigenvalue weighted by Gasteiger charge is -2.38. The number of carbonyl (C=O) groups excluding carboxylic acids is 2. The van der Waals surface area contributed by atoms with Crippen LogP contribution in [-0.2, 0) is 9.47 Å². The maximum Gasteiger partial charge on any atom is 0.410 e. The van der Waals surface area contributed by atoms with Gasteiger partial charge in [0.1, 0.15) is 5.60 Å². The molecular weight excluding hydrogens is 510 g/mol. The van der Waals surface area contributed by atoms with Crippen molar-refractivity contribution in [3.8, 4) is 11.5 Å². The monoisotopic (exact) mass is 563 g/mol. The highest BCUT2D eigenvalue weighted by Gasteiger charge is 2.31. The van der Waals surface area contributed by atoms with Crippen molar-refractivity contribution < 1.29 is 28.5 Å². The second kappa shape index (κ2) is 16.7. The van der Waals surface area contributed by atoms with Gasteiger partial charge in [0.2, 0.25) is 0 Å². The van der Waals surface area contributed by atoms with E-state index >= 15 is 0 Å². The van der Waals surface area contributed by atoms with Crippen molar-refractivity contribution in [2.45, 2.75) is 103 Å². The smallest absolute Gasteiger partial charge is 0.410 e. The first kappa shape index (κ1) is 33.7. The van der Waals surface area contributed by atoms with E-state index < -0.39 is 11.7 Å². The highest BCUT2D eigenvalue weighted by Crippen LogP contribution is 2.30. The van der Waals surface area contributed by atoms with Crippen molar-refractivity contribution in [3.05, 3.63) is 23.8 Å². The SMILES string of the molecule is COCCCOc1cc(C(=O)N(C(C)C)[C@H](CCCCCNC2CC2)CN(C)C(=O)OC(C)(C)C)ccc1OC. The summed E-state index contributed by atoms with van der Waals surface area (Å²) < 4.78 is 22.1. The summed E-state index contributed by atoms with van der Waals surface area (Å²) in [6.45, 7) is 12.1. The average Bonchev–Trinajstić information content (AvgIpc) is 3.71. The number of amides is 2. The summed E-state index contributed by atoms with van der Waals surface area (Å²) in [7, 11) is 4.98. The van der Waals surface area contributed by atoms with Crippen LogP contribution in [0.2, 0.25) is 0 Å².